The highest BCUT2D eigenvalue weighted by atomic mass is 16.5. The number of anilines is 1. The maximum Gasteiger partial charge on any atom is 0.161 e. The normalized spacial score (nSPS) is 10.6. The number of nitrogens with zero attached hydrogens (tertiary/aromatic N) is 2. The van der Waals surface area contributed by atoms with Gasteiger partial charge >= 0.3 is 0 Å². The molecule has 124 valence electrons. The molecule has 0 saturated heterocycles. The molecule has 5 heteroatoms. The Bertz CT molecular complexity index is 849. The monoisotopic (exact) mass is 323 g/mol. The molecular weight excluding hydrogens is 302 g/mol. The minimum Gasteiger partial charge on any atom is -0.493 e. The van der Waals surface area contributed by atoms with E-state index in [-0.39, 0.29) is 0 Å². The highest BCUT2D eigenvalue weighted by molar-refractivity contribution is 5.89. The maximum absolute atomic E-state index is 5.35. The van der Waals surface area contributed by atoms with Gasteiger partial charge in [-0.25, -0.2) is 9.97 Å². The Kier molecular flexibility index (Phi) is 4.79. The first-order valence-corrected chi connectivity index (χ1v) is 7.93. The summed E-state index contributed by atoms with van der Waals surface area (Å²) in [7, 11) is 3.27. The Balaban J connectivity index is 1.85. The van der Waals surface area contributed by atoms with Gasteiger partial charge in [0, 0.05) is 11.9 Å². The third-order valence-corrected chi connectivity index (χ3v) is 4.02. The second-order valence-electron chi connectivity index (χ2n) is 5.47. The Labute approximate surface area is 141 Å². The Morgan fingerprint density at radius 1 is 0.917 bits per heavy atom. The number of ether oxygens (including phenoxy) is 2. The largest absolute Gasteiger partial charge is 0.493 e. The second kappa shape index (κ2) is 7.17. The third-order valence-electron chi connectivity index (χ3n) is 4.02. The summed E-state index contributed by atoms with van der Waals surface area (Å²) < 4.78 is 10.6. The average molecular weight is 323 g/mol. The van der Waals surface area contributed by atoms with Crippen LogP contribution in [0.1, 0.15) is 18.1 Å². The average Bonchev–Trinajstić information content (AvgIpc) is 2.65. The molecule has 0 spiro atoms. The molecule has 1 aromatic heterocycles. The van der Waals surface area contributed by atoms with Crippen LogP contribution in [0.5, 0.6) is 11.5 Å². The predicted molar refractivity (Wildman–Crippen MR) is 95.8 cm³/mol. The van der Waals surface area contributed by atoms with Gasteiger partial charge in [0.25, 0.3) is 0 Å². The van der Waals surface area contributed by atoms with E-state index in [1.54, 1.807) is 20.5 Å². The SMILES string of the molecule is CCc1ccc2ncnc(NCc3ccc(OC)c(OC)c3)c2c1. The fraction of sp³-hybridized carbons (Fsp3) is 0.263. The Morgan fingerprint density at radius 2 is 1.71 bits per heavy atom. The minimum atomic E-state index is 0.642. The summed E-state index contributed by atoms with van der Waals surface area (Å²) in [6, 6.07) is 12.2. The number of benzene rings is 2. The van der Waals surface area contributed by atoms with Crippen molar-refractivity contribution >= 4 is 16.7 Å². The lowest BCUT2D eigenvalue weighted by Gasteiger charge is -2.12. The zero-order valence-electron chi connectivity index (χ0n) is 14.2. The van der Waals surface area contributed by atoms with Crippen molar-refractivity contribution < 1.29 is 9.47 Å². The van der Waals surface area contributed by atoms with Crippen LogP contribution in [-0.4, -0.2) is 24.2 Å². The van der Waals surface area contributed by atoms with Gasteiger partial charge in [0.15, 0.2) is 11.5 Å². The minimum absolute atomic E-state index is 0.642. The molecule has 0 fully saturated rings. The van der Waals surface area contributed by atoms with E-state index in [4.69, 9.17) is 9.47 Å². The summed E-state index contributed by atoms with van der Waals surface area (Å²) in [5.74, 6) is 2.28. The van der Waals surface area contributed by atoms with Gasteiger partial charge in [0.2, 0.25) is 0 Å². The van der Waals surface area contributed by atoms with Crippen molar-refractivity contribution in [1.82, 2.24) is 9.97 Å². The number of aromatic nitrogens is 2. The molecule has 1 N–H and O–H groups in total. The van der Waals surface area contributed by atoms with Gasteiger partial charge in [-0.3, -0.25) is 0 Å². The molecule has 2 aromatic carbocycles. The van der Waals surface area contributed by atoms with Gasteiger partial charge in [-0.05, 0) is 41.8 Å². The van der Waals surface area contributed by atoms with E-state index >= 15 is 0 Å². The standard InChI is InChI=1S/C19H21N3O2/c1-4-13-5-7-16-15(9-13)19(22-12-21-16)20-11-14-6-8-17(23-2)18(10-14)24-3/h5-10,12H,4,11H2,1-3H3,(H,20,21,22). The van der Waals surface area contributed by atoms with Crippen LogP contribution in [0.25, 0.3) is 10.9 Å². The molecule has 3 rings (SSSR count). The highest BCUT2D eigenvalue weighted by Gasteiger charge is 2.07. The molecule has 1 heterocycles. The smallest absolute Gasteiger partial charge is 0.161 e. The van der Waals surface area contributed by atoms with E-state index in [1.165, 1.54) is 5.56 Å². The molecule has 0 aliphatic rings. The molecule has 24 heavy (non-hydrogen) atoms. The summed E-state index contributed by atoms with van der Waals surface area (Å²) in [5.41, 5.74) is 3.30. The second-order valence-corrected chi connectivity index (χ2v) is 5.47. The fourth-order valence-corrected chi connectivity index (χ4v) is 2.64. The molecule has 0 unspecified atom stereocenters. The van der Waals surface area contributed by atoms with E-state index in [0.29, 0.717) is 6.54 Å². The van der Waals surface area contributed by atoms with Crippen LogP contribution < -0.4 is 14.8 Å². The van der Waals surface area contributed by atoms with Gasteiger partial charge in [-0.1, -0.05) is 19.1 Å². The van der Waals surface area contributed by atoms with Crippen LogP contribution in [0, 0.1) is 0 Å². The van der Waals surface area contributed by atoms with Crippen molar-refractivity contribution in [3.05, 3.63) is 53.9 Å². The molecule has 0 saturated carbocycles. The number of hydrogen-bond acceptors (Lipinski definition) is 5. The van der Waals surface area contributed by atoms with E-state index in [0.717, 1.165) is 40.2 Å². The van der Waals surface area contributed by atoms with Crippen molar-refractivity contribution in [1.29, 1.82) is 0 Å². The maximum atomic E-state index is 5.35. The lowest BCUT2D eigenvalue weighted by atomic mass is 10.1. The van der Waals surface area contributed by atoms with Crippen molar-refractivity contribution in [3.63, 3.8) is 0 Å². The highest BCUT2D eigenvalue weighted by Crippen LogP contribution is 2.28. The predicted octanol–water partition coefficient (Wildman–Crippen LogP) is 3.82. The molecule has 0 atom stereocenters. The van der Waals surface area contributed by atoms with Gasteiger partial charge in [-0.2, -0.15) is 0 Å². The number of nitrogens with one attached hydrogen (secondary N) is 1. The van der Waals surface area contributed by atoms with Crippen LogP contribution >= 0.6 is 0 Å². The number of aryl methyl sites for hydroxylation is 1. The van der Waals surface area contributed by atoms with Crippen LogP contribution in [0.15, 0.2) is 42.7 Å². The summed E-state index contributed by atoms with van der Waals surface area (Å²) in [4.78, 5) is 8.73. The van der Waals surface area contributed by atoms with Gasteiger partial charge in [-0.15, -0.1) is 0 Å². The number of fused-ring (bicyclic) bond motifs is 1. The first-order valence-electron chi connectivity index (χ1n) is 7.93. The molecule has 5 nitrogen and oxygen atoms in total. The summed E-state index contributed by atoms with van der Waals surface area (Å²) in [5, 5.41) is 4.44. The van der Waals surface area contributed by atoms with Crippen molar-refractivity contribution in [2.75, 3.05) is 19.5 Å². The molecule has 0 aliphatic carbocycles. The van der Waals surface area contributed by atoms with Gasteiger partial charge < -0.3 is 14.8 Å². The first kappa shape index (κ1) is 16.1. The molecule has 0 aliphatic heterocycles. The van der Waals surface area contributed by atoms with E-state index in [2.05, 4.69) is 34.3 Å². The zero-order chi connectivity index (χ0) is 16.9. The Hall–Kier alpha value is -2.82. The van der Waals surface area contributed by atoms with Crippen LogP contribution in [0.3, 0.4) is 0 Å². The third kappa shape index (κ3) is 3.25. The fourth-order valence-electron chi connectivity index (χ4n) is 2.64. The van der Waals surface area contributed by atoms with Crippen LogP contribution in [0.2, 0.25) is 0 Å². The van der Waals surface area contributed by atoms with E-state index in [1.807, 2.05) is 24.3 Å². The first-order chi connectivity index (χ1) is 11.7. The van der Waals surface area contributed by atoms with Gasteiger partial charge in [0.1, 0.15) is 12.1 Å². The van der Waals surface area contributed by atoms with Gasteiger partial charge in [0.05, 0.1) is 19.7 Å². The summed E-state index contributed by atoms with van der Waals surface area (Å²) in [6.45, 7) is 2.78. The van der Waals surface area contributed by atoms with Crippen molar-refractivity contribution in [2.24, 2.45) is 0 Å². The number of rotatable bonds is 6. The number of hydrogen-bond donors (Lipinski definition) is 1. The lowest BCUT2D eigenvalue weighted by molar-refractivity contribution is 0.354. The Morgan fingerprint density at radius 3 is 2.46 bits per heavy atom. The quantitative estimate of drug-likeness (QED) is 0.747. The van der Waals surface area contributed by atoms with Crippen molar-refractivity contribution in [3.8, 4) is 11.5 Å². The number of methoxy groups -OCH3 is 2. The molecule has 0 radical (unpaired) electrons. The molecular formula is C19H21N3O2. The lowest BCUT2D eigenvalue weighted by Crippen LogP contribution is -2.03. The van der Waals surface area contributed by atoms with Crippen LogP contribution in [-0.2, 0) is 13.0 Å². The zero-order valence-corrected chi connectivity index (χ0v) is 14.2. The summed E-state index contributed by atoms with van der Waals surface area (Å²) >= 11 is 0. The molecule has 0 amide bonds. The van der Waals surface area contributed by atoms with Crippen LogP contribution in [0.4, 0.5) is 5.82 Å². The van der Waals surface area contributed by atoms with E-state index < -0.39 is 0 Å². The molecule has 3 aromatic rings. The summed E-state index contributed by atoms with van der Waals surface area (Å²) in [6.07, 6.45) is 2.57. The van der Waals surface area contributed by atoms with Crippen molar-refractivity contribution in [2.45, 2.75) is 19.9 Å². The topological polar surface area (TPSA) is 56.3 Å². The molecule has 0 bridgehead atoms. The van der Waals surface area contributed by atoms with E-state index in [9.17, 15) is 0 Å².